The van der Waals surface area contributed by atoms with Gasteiger partial charge in [0.1, 0.15) is 5.75 Å². The van der Waals surface area contributed by atoms with Crippen molar-refractivity contribution in [1.29, 1.82) is 5.26 Å². The van der Waals surface area contributed by atoms with E-state index in [4.69, 9.17) is 15.7 Å². The van der Waals surface area contributed by atoms with Crippen molar-refractivity contribution < 1.29 is 9.53 Å². The molecular formula is C13H17N3O2S. The summed E-state index contributed by atoms with van der Waals surface area (Å²) in [6.07, 6.45) is 0.341. The number of hydrogen-bond acceptors (Lipinski definition) is 5. The van der Waals surface area contributed by atoms with Crippen molar-refractivity contribution in [2.24, 2.45) is 0 Å². The van der Waals surface area contributed by atoms with Crippen LogP contribution in [0.1, 0.15) is 6.42 Å². The zero-order chi connectivity index (χ0) is 14.3. The first-order valence-corrected chi connectivity index (χ1v) is 6.74. The third kappa shape index (κ3) is 4.72. The van der Waals surface area contributed by atoms with Gasteiger partial charge >= 0.3 is 0 Å². The molecule has 0 radical (unpaired) electrons. The first-order valence-electron chi connectivity index (χ1n) is 5.75. The summed E-state index contributed by atoms with van der Waals surface area (Å²) >= 11 is 1.37. The highest BCUT2D eigenvalue weighted by molar-refractivity contribution is 8.00. The zero-order valence-electron chi connectivity index (χ0n) is 11.0. The Morgan fingerprint density at radius 1 is 1.58 bits per heavy atom. The monoisotopic (exact) mass is 279 g/mol. The molecule has 0 fully saturated rings. The van der Waals surface area contributed by atoms with Crippen LogP contribution in [-0.2, 0) is 4.79 Å². The number of nitrogen functional groups attached to an aromatic ring is 1. The van der Waals surface area contributed by atoms with Crippen LogP contribution in [0.4, 0.5) is 5.69 Å². The van der Waals surface area contributed by atoms with Crippen LogP contribution in [0.2, 0.25) is 0 Å². The molecule has 0 spiro atoms. The molecule has 0 heterocycles. The SMILES string of the molecule is COc1ccc(N)c(SCC(=O)N(C)CCC#N)c1. The van der Waals surface area contributed by atoms with Gasteiger partial charge in [0.25, 0.3) is 0 Å². The number of thioether (sulfide) groups is 1. The number of carbonyl (C=O) groups is 1. The lowest BCUT2D eigenvalue weighted by Gasteiger charge is -2.15. The topological polar surface area (TPSA) is 79.3 Å². The van der Waals surface area contributed by atoms with Crippen LogP contribution >= 0.6 is 11.8 Å². The highest BCUT2D eigenvalue weighted by Crippen LogP contribution is 2.29. The molecule has 1 rings (SSSR count). The predicted molar refractivity (Wildman–Crippen MR) is 76.0 cm³/mol. The third-order valence-corrected chi connectivity index (χ3v) is 3.61. The van der Waals surface area contributed by atoms with E-state index in [9.17, 15) is 4.79 Å². The lowest BCUT2D eigenvalue weighted by Crippen LogP contribution is -2.29. The van der Waals surface area contributed by atoms with Crippen LogP contribution < -0.4 is 10.5 Å². The molecule has 1 aromatic rings. The number of anilines is 1. The van der Waals surface area contributed by atoms with Crippen molar-refractivity contribution in [2.45, 2.75) is 11.3 Å². The molecule has 1 amide bonds. The van der Waals surface area contributed by atoms with Gasteiger partial charge < -0.3 is 15.4 Å². The van der Waals surface area contributed by atoms with Crippen LogP contribution in [0.15, 0.2) is 23.1 Å². The largest absolute Gasteiger partial charge is 0.497 e. The number of methoxy groups -OCH3 is 1. The molecule has 0 aromatic heterocycles. The number of carbonyl (C=O) groups excluding carboxylic acids is 1. The first-order chi connectivity index (χ1) is 9.08. The number of rotatable bonds is 6. The van der Waals surface area contributed by atoms with E-state index in [1.54, 1.807) is 31.2 Å². The molecule has 2 N–H and O–H groups in total. The second-order valence-electron chi connectivity index (χ2n) is 3.92. The van der Waals surface area contributed by atoms with Crippen molar-refractivity contribution >= 4 is 23.4 Å². The normalized spacial score (nSPS) is 9.74. The van der Waals surface area contributed by atoms with Crippen molar-refractivity contribution in [1.82, 2.24) is 4.90 Å². The first kappa shape index (κ1) is 15.2. The minimum atomic E-state index is -0.0255. The standard InChI is InChI=1S/C13H17N3O2S/c1-16(7-3-6-14)13(17)9-19-12-8-10(18-2)4-5-11(12)15/h4-5,8H,3,7,9,15H2,1-2H3. The fourth-order valence-electron chi connectivity index (χ4n) is 1.36. The Morgan fingerprint density at radius 2 is 2.32 bits per heavy atom. The molecule has 0 saturated carbocycles. The predicted octanol–water partition coefficient (Wildman–Crippen LogP) is 1.74. The minimum Gasteiger partial charge on any atom is -0.497 e. The molecule has 102 valence electrons. The van der Waals surface area contributed by atoms with Gasteiger partial charge in [0.2, 0.25) is 5.91 Å². The maximum atomic E-state index is 11.8. The summed E-state index contributed by atoms with van der Waals surface area (Å²) in [5.41, 5.74) is 6.47. The quantitative estimate of drug-likeness (QED) is 0.634. The van der Waals surface area contributed by atoms with E-state index < -0.39 is 0 Å². The van der Waals surface area contributed by atoms with E-state index >= 15 is 0 Å². The van der Waals surface area contributed by atoms with Gasteiger partial charge in [0, 0.05) is 24.2 Å². The average Bonchev–Trinajstić information content (AvgIpc) is 2.43. The van der Waals surface area contributed by atoms with Gasteiger partial charge in [-0.3, -0.25) is 4.79 Å². The summed E-state index contributed by atoms with van der Waals surface area (Å²) in [5.74, 6) is 0.976. The molecule has 0 unspecified atom stereocenters. The van der Waals surface area contributed by atoms with Crippen molar-refractivity contribution in [3.05, 3.63) is 18.2 Å². The molecule has 19 heavy (non-hydrogen) atoms. The molecule has 5 nitrogen and oxygen atoms in total. The molecule has 6 heteroatoms. The third-order valence-electron chi connectivity index (χ3n) is 2.56. The second-order valence-corrected chi connectivity index (χ2v) is 4.93. The zero-order valence-corrected chi connectivity index (χ0v) is 11.9. The number of nitrogens with two attached hydrogens (primary N) is 1. The Kier molecular flexibility index (Phi) is 6.03. The summed E-state index contributed by atoms with van der Waals surface area (Å²) in [7, 11) is 3.27. The average molecular weight is 279 g/mol. The number of nitriles is 1. The maximum absolute atomic E-state index is 11.8. The Hall–Kier alpha value is -1.87. The highest BCUT2D eigenvalue weighted by atomic mass is 32.2. The van der Waals surface area contributed by atoms with Crippen molar-refractivity contribution in [3.63, 3.8) is 0 Å². The lowest BCUT2D eigenvalue weighted by molar-refractivity contribution is -0.127. The smallest absolute Gasteiger partial charge is 0.232 e. The van der Waals surface area contributed by atoms with Gasteiger partial charge in [-0.15, -0.1) is 11.8 Å². The maximum Gasteiger partial charge on any atom is 0.232 e. The van der Waals surface area contributed by atoms with E-state index in [1.165, 1.54) is 11.8 Å². The van der Waals surface area contributed by atoms with Crippen LogP contribution in [0.5, 0.6) is 5.75 Å². The number of ether oxygens (including phenoxy) is 1. The van der Waals surface area contributed by atoms with Gasteiger partial charge in [0.05, 0.1) is 25.4 Å². The molecule has 0 saturated heterocycles. The molecule has 0 aliphatic heterocycles. The lowest BCUT2D eigenvalue weighted by atomic mass is 10.3. The van der Waals surface area contributed by atoms with Crippen molar-refractivity contribution in [2.75, 3.05) is 32.2 Å². The van der Waals surface area contributed by atoms with Crippen molar-refractivity contribution in [3.8, 4) is 11.8 Å². The van der Waals surface area contributed by atoms with E-state index in [1.807, 2.05) is 12.1 Å². The molecule has 0 atom stereocenters. The fraction of sp³-hybridized carbons (Fsp3) is 0.385. The Labute approximate surface area is 117 Å². The summed E-state index contributed by atoms with van der Waals surface area (Å²) in [6.45, 7) is 0.448. The van der Waals surface area contributed by atoms with Gasteiger partial charge in [-0.1, -0.05) is 0 Å². The van der Waals surface area contributed by atoms with Gasteiger partial charge in [0.15, 0.2) is 0 Å². The van der Waals surface area contributed by atoms with Crippen LogP contribution in [-0.4, -0.2) is 37.3 Å². The molecular weight excluding hydrogens is 262 g/mol. The Morgan fingerprint density at radius 3 is 2.95 bits per heavy atom. The minimum absolute atomic E-state index is 0.0255. The number of hydrogen-bond donors (Lipinski definition) is 1. The summed E-state index contributed by atoms with van der Waals surface area (Å²) in [6, 6.07) is 7.36. The molecule has 1 aromatic carbocycles. The number of nitrogens with zero attached hydrogens (tertiary/aromatic N) is 2. The molecule has 0 aliphatic carbocycles. The van der Waals surface area contributed by atoms with E-state index in [2.05, 4.69) is 0 Å². The molecule has 0 aliphatic rings. The number of benzene rings is 1. The second kappa shape index (κ2) is 7.54. The van der Waals surface area contributed by atoms with E-state index in [0.29, 0.717) is 30.2 Å². The van der Waals surface area contributed by atoms with Crippen LogP contribution in [0, 0.1) is 11.3 Å². The van der Waals surface area contributed by atoms with E-state index in [-0.39, 0.29) is 5.91 Å². The Balaban J connectivity index is 2.57. The molecule has 0 bridgehead atoms. The number of amides is 1. The highest BCUT2D eigenvalue weighted by Gasteiger charge is 2.10. The summed E-state index contributed by atoms with van der Waals surface area (Å²) < 4.78 is 5.12. The summed E-state index contributed by atoms with van der Waals surface area (Å²) in [5, 5.41) is 8.48. The van der Waals surface area contributed by atoms with Gasteiger partial charge in [-0.25, -0.2) is 0 Å². The fourth-order valence-corrected chi connectivity index (χ4v) is 2.29. The van der Waals surface area contributed by atoms with Crippen LogP contribution in [0.25, 0.3) is 0 Å². The Bertz CT molecular complexity index is 485. The van der Waals surface area contributed by atoms with Gasteiger partial charge in [-0.2, -0.15) is 5.26 Å². The summed E-state index contributed by atoms with van der Waals surface area (Å²) in [4.78, 5) is 14.2. The van der Waals surface area contributed by atoms with Crippen LogP contribution in [0.3, 0.4) is 0 Å². The van der Waals surface area contributed by atoms with Gasteiger partial charge in [-0.05, 0) is 18.2 Å². The van der Waals surface area contributed by atoms with E-state index in [0.717, 1.165) is 4.90 Å².